The average Bonchev–Trinajstić information content (AvgIpc) is 3.12. The van der Waals surface area contributed by atoms with Gasteiger partial charge in [-0.25, -0.2) is 8.42 Å². The lowest BCUT2D eigenvalue weighted by atomic mass is 10.2. The van der Waals surface area contributed by atoms with Crippen LogP contribution in [0.3, 0.4) is 0 Å². The van der Waals surface area contributed by atoms with E-state index in [9.17, 15) is 18.0 Å². The summed E-state index contributed by atoms with van der Waals surface area (Å²) in [5.74, 6) is -1.54. The summed E-state index contributed by atoms with van der Waals surface area (Å²) in [5, 5.41) is 5.00. The first-order chi connectivity index (χ1) is 13.2. The molecule has 1 aromatic carbocycles. The fourth-order valence-corrected chi connectivity index (χ4v) is 4.28. The first-order valence-electron chi connectivity index (χ1n) is 9.27. The Kier molecular flexibility index (Phi) is 7.93. The molecule has 1 aromatic rings. The maximum Gasteiger partial charge on any atom is 0.309 e. The van der Waals surface area contributed by atoms with Crippen molar-refractivity contribution >= 4 is 21.8 Å². The summed E-state index contributed by atoms with van der Waals surface area (Å²) in [7, 11) is 0.269. The number of aryl methyl sites for hydroxylation is 1. The third kappa shape index (κ3) is 5.99. The largest absolute Gasteiger partial charge is 0.359 e. The van der Waals surface area contributed by atoms with E-state index in [0.717, 1.165) is 18.5 Å². The van der Waals surface area contributed by atoms with Gasteiger partial charge in [0.25, 0.3) is 0 Å². The van der Waals surface area contributed by atoms with Crippen LogP contribution in [0.4, 0.5) is 0 Å². The van der Waals surface area contributed by atoms with Crippen LogP contribution >= 0.6 is 0 Å². The van der Waals surface area contributed by atoms with E-state index in [4.69, 9.17) is 4.74 Å². The number of carbonyl (C=O) groups excluding carboxylic acids is 2. The maximum atomic E-state index is 12.8. The van der Waals surface area contributed by atoms with Crippen molar-refractivity contribution in [3.63, 3.8) is 0 Å². The van der Waals surface area contributed by atoms with Crippen molar-refractivity contribution in [3.8, 4) is 0 Å². The zero-order valence-electron chi connectivity index (χ0n) is 16.5. The van der Waals surface area contributed by atoms with E-state index in [2.05, 4.69) is 10.6 Å². The highest BCUT2D eigenvalue weighted by molar-refractivity contribution is 7.89. The minimum Gasteiger partial charge on any atom is -0.359 e. The maximum absolute atomic E-state index is 12.8. The third-order valence-corrected chi connectivity index (χ3v) is 6.26. The van der Waals surface area contributed by atoms with Crippen molar-refractivity contribution in [2.24, 2.45) is 0 Å². The predicted octanol–water partition coefficient (Wildman–Crippen LogP) is -1.89. The number of rotatable bonds is 8. The van der Waals surface area contributed by atoms with Crippen molar-refractivity contribution in [1.82, 2.24) is 14.9 Å². The van der Waals surface area contributed by atoms with Crippen LogP contribution in [0, 0.1) is 6.92 Å². The van der Waals surface area contributed by atoms with Crippen molar-refractivity contribution in [1.29, 1.82) is 0 Å². The molecule has 0 spiro atoms. The fraction of sp³-hybridized carbons (Fsp3) is 0.556. The van der Waals surface area contributed by atoms with E-state index >= 15 is 0 Å². The predicted molar refractivity (Wildman–Crippen MR) is 103 cm³/mol. The van der Waals surface area contributed by atoms with Crippen LogP contribution in [-0.2, 0) is 24.3 Å². The van der Waals surface area contributed by atoms with Gasteiger partial charge >= 0.3 is 11.8 Å². The van der Waals surface area contributed by atoms with Gasteiger partial charge < -0.3 is 20.3 Å². The Hall–Kier alpha value is -2.01. The van der Waals surface area contributed by atoms with Crippen molar-refractivity contribution in [2.45, 2.75) is 24.5 Å². The smallest absolute Gasteiger partial charge is 0.309 e. The zero-order valence-corrected chi connectivity index (χ0v) is 17.3. The van der Waals surface area contributed by atoms with E-state index in [1.807, 2.05) is 21.0 Å². The monoisotopic (exact) mass is 413 g/mol. The molecule has 1 atom stereocenters. The fourth-order valence-electron chi connectivity index (χ4n) is 2.77. The molecule has 3 N–H and O–H groups in total. The van der Waals surface area contributed by atoms with E-state index in [-0.39, 0.29) is 24.6 Å². The first kappa shape index (κ1) is 22.3. The molecule has 2 rings (SSSR count). The van der Waals surface area contributed by atoms with Gasteiger partial charge in [0, 0.05) is 19.5 Å². The van der Waals surface area contributed by atoms with Gasteiger partial charge in [-0.05, 0) is 19.1 Å². The molecule has 1 aliphatic heterocycles. The highest BCUT2D eigenvalue weighted by Crippen LogP contribution is 2.22. The molecule has 9 nitrogen and oxygen atoms in total. The number of hydrogen-bond acceptors (Lipinski definition) is 5. The normalized spacial score (nSPS) is 17.6. The molecule has 0 aliphatic carbocycles. The van der Waals surface area contributed by atoms with Crippen LogP contribution in [0.15, 0.2) is 29.2 Å². The number of sulfonamides is 1. The Morgan fingerprint density at radius 3 is 2.46 bits per heavy atom. The van der Waals surface area contributed by atoms with E-state index in [1.165, 1.54) is 9.21 Å². The Morgan fingerprint density at radius 1 is 1.18 bits per heavy atom. The molecule has 1 saturated heterocycles. The van der Waals surface area contributed by atoms with E-state index in [1.54, 1.807) is 24.3 Å². The summed E-state index contributed by atoms with van der Waals surface area (Å²) in [4.78, 5) is 25.2. The second-order valence-corrected chi connectivity index (χ2v) is 8.92. The molecule has 10 heteroatoms. The Morgan fingerprint density at radius 2 is 1.82 bits per heavy atom. The quantitative estimate of drug-likeness (QED) is 0.341. The highest BCUT2D eigenvalue weighted by Gasteiger charge is 2.36. The molecule has 1 fully saturated rings. The molecule has 1 heterocycles. The van der Waals surface area contributed by atoms with Gasteiger partial charge in [-0.3, -0.25) is 9.59 Å². The second-order valence-electron chi connectivity index (χ2n) is 7.03. The Balaban J connectivity index is 1.88. The lowest BCUT2D eigenvalue weighted by Crippen LogP contribution is -3.05. The lowest BCUT2D eigenvalue weighted by molar-refractivity contribution is -0.858. The number of nitrogens with zero attached hydrogens (tertiary/aromatic N) is 1. The van der Waals surface area contributed by atoms with Crippen LogP contribution in [0.5, 0.6) is 0 Å². The van der Waals surface area contributed by atoms with Gasteiger partial charge in [-0.1, -0.05) is 17.7 Å². The van der Waals surface area contributed by atoms with Gasteiger partial charge in [-0.2, -0.15) is 4.31 Å². The molecule has 2 amide bonds. The summed E-state index contributed by atoms with van der Waals surface area (Å²) < 4.78 is 32.3. The summed E-state index contributed by atoms with van der Waals surface area (Å²) in [6.45, 7) is 3.48. The number of amides is 2. The van der Waals surface area contributed by atoms with Gasteiger partial charge in [0.05, 0.1) is 38.7 Å². The van der Waals surface area contributed by atoms with E-state index < -0.39 is 28.1 Å². The number of benzene rings is 1. The van der Waals surface area contributed by atoms with Crippen LogP contribution in [0.2, 0.25) is 0 Å². The van der Waals surface area contributed by atoms with Crippen LogP contribution < -0.4 is 15.5 Å². The molecule has 0 radical (unpaired) electrons. The summed E-state index contributed by atoms with van der Waals surface area (Å²) in [6.07, 6.45) is -0.0873. The molecule has 1 aliphatic rings. The van der Waals surface area contributed by atoms with Gasteiger partial charge in [0.2, 0.25) is 10.0 Å². The Labute approximate surface area is 166 Å². The van der Waals surface area contributed by atoms with Crippen molar-refractivity contribution in [3.05, 3.63) is 29.8 Å². The zero-order chi connectivity index (χ0) is 20.7. The number of hydrogen-bond donors (Lipinski definition) is 3. The van der Waals surface area contributed by atoms with E-state index in [0.29, 0.717) is 6.54 Å². The number of nitrogens with one attached hydrogen (secondary N) is 3. The van der Waals surface area contributed by atoms with Crippen molar-refractivity contribution in [2.75, 3.05) is 46.9 Å². The average molecular weight is 414 g/mol. The van der Waals surface area contributed by atoms with Crippen molar-refractivity contribution < 1.29 is 27.6 Å². The highest BCUT2D eigenvalue weighted by atomic mass is 32.2. The molecular weight excluding hydrogens is 384 g/mol. The second kappa shape index (κ2) is 9.97. The van der Waals surface area contributed by atoms with Crippen LogP contribution in [-0.4, -0.2) is 77.6 Å². The summed E-state index contributed by atoms with van der Waals surface area (Å²) in [6, 6.07) is 6.54. The standard InChI is InChI=1S/C18H28N4O5S/c1-14-5-7-15(8-6-14)28(25,26)22-11-12-27-16(22)13-20-18(24)17(23)19-9-4-10-21(2)3/h5-8,16H,4,9-13H2,1-3H3,(H,19,23)(H,20,24)/p+1/t16-/m0/s1. The molecular formula is C18H29N4O5S+. The number of ether oxygens (including phenoxy) is 1. The summed E-state index contributed by atoms with van der Waals surface area (Å²) in [5.41, 5.74) is 0.957. The minimum absolute atomic E-state index is 0.0980. The third-order valence-electron chi connectivity index (χ3n) is 4.35. The van der Waals surface area contributed by atoms with Crippen LogP contribution in [0.25, 0.3) is 0 Å². The Bertz CT molecular complexity index is 780. The summed E-state index contributed by atoms with van der Waals surface area (Å²) >= 11 is 0. The molecule has 28 heavy (non-hydrogen) atoms. The molecule has 156 valence electrons. The SMILES string of the molecule is Cc1ccc(S(=O)(=O)N2CCO[C@H]2CNC(=O)C(=O)NCCC[NH+](C)C)cc1. The van der Waals surface area contributed by atoms with Gasteiger partial charge in [0.1, 0.15) is 6.23 Å². The molecule has 0 bridgehead atoms. The molecule has 0 aromatic heterocycles. The minimum atomic E-state index is -3.74. The molecule has 0 saturated carbocycles. The first-order valence-corrected chi connectivity index (χ1v) is 10.7. The topological polar surface area (TPSA) is 109 Å². The number of carbonyl (C=O) groups is 2. The van der Waals surface area contributed by atoms with Gasteiger partial charge in [0.15, 0.2) is 0 Å². The van der Waals surface area contributed by atoms with Gasteiger partial charge in [-0.15, -0.1) is 0 Å². The van der Waals surface area contributed by atoms with Crippen LogP contribution in [0.1, 0.15) is 12.0 Å². The molecule has 0 unspecified atom stereocenters. The lowest BCUT2D eigenvalue weighted by Gasteiger charge is -2.22. The number of quaternary nitrogens is 1.